The molecule has 98 valence electrons. The molecule has 0 aliphatic rings. The highest BCUT2D eigenvalue weighted by Gasteiger charge is 2.01. The Balaban J connectivity index is 2.16. The van der Waals surface area contributed by atoms with Crippen molar-refractivity contribution in [2.75, 3.05) is 12.5 Å². The number of nitrogens with one attached hydrogen (secondary N) is 2. The van der Waals surface area contributed by atoms with E-state index in [-0.39, 0.29) is 0 Å². The van der Waals surface area contributed by atoms with Crippen LogP contribution < -0.4 is 15.9 Å². The van der Waals surface area contributed by atoms with Crippen molar-refractivity contribution in [3.8, 4) is 5.75 Å². The molecule has 2 N–H and O–H groups in total. The molecular weight excluding hydrogens is 246 g/mol. The van der Waals surface area contributed by atoms with Crippen LogP contribution in [0, 0.1) is 6.92 Å². The number of aromatic amines is 1. The Morgan fingerprint density at radius 3 is 3.00 bits per heavy atom. The first-order valence-electron chi connectivity index (χ1n) is 5.56. The first kappa shape index (κ1) is 12.7. The molecule has 0 saturated heterocycles. The number of hydrazone groups is 1. The number of ether oxygens (including phenoxy) is 1. The molecule has 19 heavy (non-hydrogen) atoms. The summed E-state index contributed by atoms with van der Waals surface area (Å²) in [6.07, 6.45) is 1.58. The molecule has 2 rings (SSSR count). The van der Waals surface area contributed by atoms with Gasteiger partial charge in [0.25, 0.3) is 0 Å². The lowest BCUT2D eigenvalue weighted by atomic mass is 10.2. The molecule has 0 spiro atoms. The summed E-state index contributed by atoms with van der Waals surface area (Å²) in [5, 5.41) is 10.0. The van der Waals surface area contributed by atoms with Gasteiger partial charge in [0.05, 0.1) is 13.3 Å². The van der Waals surface area contributed by atoms with E-state index in [4.69, 9.17) is 4.74 Å². The summed E-state index contributed by atoms with van der Waals surface area (Å²) in [4.78, 5) is 14.8. The van der Waals surface area contributed by atoms with E-state index in [0.717, 1.165) is 5.56 Å². The van der Waals surface area contributed by atoms with Crippen LogP contribution in [0.2, 0.25) is 0 Å². The van der Waals surface area contributed by atoms with Crippen LogP contribution in [0.15, 0.2) is 34.2 Å². The molecule has 7 nitrogen and oxygen atoms in total. The molecule has 0 bridgehead atoms. The second kappa shape index (κ2) is 5.76. The van der Waals surface area contributed by atoms with Crippen LogP contribution in [0.1, 0.15) is 11.3 Å². The highest BCUT2D eigenvalue weighted by Crippen LogP contribution is 2.14. The third-order valence-corrected chi connectivity index (χ3v) is 2.39. The van der Waals surface area contributed by atoms with E-state index >= 15 is 0 Å². The molecule has 0 aliphatic heterocycles. The van der Waals surface area contributed by atoms with Crippen LogP contribution in [0.25, 0.3) is 0 Å². The van der Waals surface area contributed by atoms with Gasteiger partial charge < -0.3 is 4.74 Å². The number of para-hydroxylation sites is 1. The number of H-pyrrole nitrogens is 1. The summed E-state index contributed by atoms with van der Waals surface area (Å²) in [6, 6.07) is 7.44. The van der Waals surface area contributed by atoms with Gasteiger partial charge in [-0.1, -0.05) is 12.1 Å². The Kier molecular flexibility index (Phi) is 3.87. The van der Waals surface area contributed by atoms with Crippen molar-refractivity contribution in [1.82, 2.24) is 15.2 Å². The van der Waals surface area contributed by atoms with Gasteiger partial charge in [0, 0.05) is 5.56 Å². The first-order valence-corrected chi connectivity index (χ1v) is 5.56. The highest BCUT2D eigenvalue weighted by molar-refractivity contribution is 5.83. The predicted octanol–water partition coefficient (Wildman–Crippen LogP) is 0.928. The lowest BCUT2D eigenvalue weighted by molar-refractivity contribution is 0.414. The van der Waals surface area contributed by atoms with Gasteiger partial charge in [0.2, 0.25) is 0 Å². The summed E-state index contributed by atoms with van der Waals surface area (Å²) in [5.41, 5.74) is 3.51. The highest BCUT2D eigenvalue weighted by atomic mass is 16.5. The van der Waals surface area contributed by atoms with Crippen molar-refractivity contribution >= 4 is 12.0 Å². The van der Waals surface area contributed by atoms with Crippen molar-refractivity contribution in [1.29, 1.82) is 0 Å². The van der Waals surface area contributed by atoms with Gasteiger partial charge >= 0.3 is 5.69 Å². The first-order chi connectivity index (χ1) is 9.20. The normalized spacial score (nSPS) is 10.6. The van der Waals surface area contributed by atoms with Crippen LogP contribution in [0.4, 0.5) is 5.82 Å². The van der Waals surface area contributed by atoms with Crippen molar-refractivity contribution in [2.24, 2.45) is 5.10 Å². The van der Waals surface area contributed by atoms with E-state index in [2.05, 4.69) is 25.7 Å². The Labute approximate surface area is 109 Å². The number of aryl methyl sites for hydroxylation is 1. The van der Waals surface area contributed by atoms with Crippen LogP contribution in [-0.4, -0.2) is 28.5 Å². The van der Waals surface area contributed by atoms with E-state index in [0.29, 0.717) is 17.3 Å². The zero-order valence-electron chi connectivity index (χ0n) is 10.5. The van der Waals surface area contributed by atoms with Crippen LogP contribution >= 0.6 is 0 Å². The van der Waals surface area contributed by atoms with Crippen LogP contribution in [-0.2, 0) is 0 Å². The Hall–Kier alpha value is -2.70. The van der Waals surface area contributed by atoms with Crippen LogP contribution in [0.5, 0.6) is 5.75 Å². The van der Waals surface area contributed by atoms with Gasteiger partial charge in [0.1, 0.15) is 11.4 Å². The zero-order chi connectivity index (χ0) is 13.7. The zero-order valence-corrected chi connectivity index (χ0v) is 10.5. The Bertz CT molecular complexity index is 651. The molecule has 1 heterocycles. The van der Waals surface area contributed by atoms with E-state index in [1.54, 1.807) is 20.2 Å². The standard InChI is InChI=1S/C12H13N5O2/c1-8-11(14-12(18)17-15-8)16-13-7-9-5-3-4-6-10(9)19-2/h3-7H,1-2H3,(H2,14,16,17,18)/b13-7+. The number of rotatable bonds is 4. The lowest BCUT2D eigenvalue weighted by Crippen LogP contribution is -2.15. The van der Waals surface area contributed by atoms with Gasteiger partial charge in [-0.3, -0.25) is 5.43 Å². The SMILES string of the molecule is COc1ccccc1/C=N/Nc1nc(=O)[nH]nc1C. The van der Waals surface area contributed by atoms with Gasteiger partial charge in [-0.2, -0.15) is 15.2 Å². The van der Waals surface area contributed by atoms with Crippen molar-refractivity contribution in [2.45, 2.75) is 6.92 Å². The van der Waals surface area contributed by atoms with E-state index in [1.165, 1.54) is 0 Å². The van der Waals surface area contributed by atoms with Gasteiger partial charge in [0.15, 0.2) is 5.82 Å². The Morgan fingerprint density at radius 2 is 2.21 bits per heavy atom. The second-order valence-corrected chi connectivity index (χ2v) is 3.69. The van der Waals surface area contributed by atoms with Gasteiger partial charge in [-0.05, 0) is 19.1 Å². The monoisotopic (exact) mass is 259 g/mol. The van der Waals surface area contributed by atoms with Crippen molar-refractivity contribution in [3.63, 3.8) is 0 Å². The maximum Gasteiger partial charge on any atom is 0.363 e. The second-order valence-electron chi connectivity index (χ2n) is 3.69. The topological polar surface area (TPSA) is 92.3 Å². The minimum absolute atomic E-state index is 0.315. The summed E-state index contributed by atoms with van der Waals surface area (Å²) >= 11 is 0. The fourth-order valence-corrected chi connectivity index (χ4v) is 1.43. The maximum absolute atomic E-state index is 11.0. The molecule has 7 heteroatoms. The number of nitrogens with zero attached hydrogens (tertiary/aromatic N) is 3. The van der Waals surface area contributed by atoms with Crippen molar-refractivity contribution in [3.05, 3.63) is 46.0 Å². The number of hydrogen-bond donors (Lipinski definition) is 2. The van der Waals surface area contributed by atoms with Gasteiger partial charge in [-0.15, -0.1) is 0 Å². The summed E-state index contributed by atoms with van der Waals surface area (Å²) in [7, 11) is 1.59. The van der Waals surface area contributed by atoms with Crippen molar-refractivity contribution < 1.29 is 4.74 Å². The quantitative estimate of drug-likeness (QED) is 0.629. The average molecular weight is 259 g/mol. The molecule has 1 aromatic carbocycles. The Morgan fingerprint density at radius 1 is 1.42 bits per heavy atom. The number of aromatic nitrogens is 3. The fourth-order valence-electron chi connectivity index (χ4n) is 1.43. The molecular formula is C12H13N5O2. The lowest BCUT2D eigenvalue weighted by Gasteiger charge is -2.03. The largest absolute Gasteiger partial charge is 0.496 e. The summed E-state index contributed by atoms with van der Waals surface area (Å²) in [5.74, 6) is 1.02. The fraction of sp³-hybridized carbons (Fsp3) is 0.167. The molecule has 0 aliphatic carbocycles. The minimum Gasteiger partial charge on any atom is -0.496 e. The molecule has 0 amide bonds. The number of hydrogen-bond acceptors (Lipinski definition) is 6. The predicted molar refractivity (Wildman–Crippen MR) is 71.6 cm³/mol. The summed E-state index contributed by atoms with van der Waals surface area (Å²) in [6.45, 7) is 1.71. The van der Waals surface area contributed by atoms with E-state index < -0.39 is 5.69 Å². The molecule has 2 aromatic rings. The van der Waals surface area contributed by atoms with E-state index in [1.807, 2.05) is 24.3 Å². The third-order valence-electron chi connectivity index (χ3n) is 2.39. The molecule has 0 saturated carbocycles. The number of anilines is 1. The smallest absolute Gasteiger partial charge is 0.363 e. The molecule has 1 aromatic heterocycles. The third kappa shape index (κ3) is 3.15. The number of methoxy groups -OCH3 is 1. The average Bonchev–Trinajstić information content (AvgIpc) is 2.43. The van der Waals surface area contributed by atoms with Crippen LogP contribution in [0.3, 0.4) is 0 Å². The molecule has 0 radical (unpaired) electrons. The minimum atomic E-state index is -0.527. The molecule has 0 fully saturated rings. The van der Waals surface area contributed by atoms with Gasteiger partial charge in [-0.25, -0.2) is 9.89 Å². The summed E-state index contributed by atoms with van der Waals surface area (Å²) < 4.78 is 5.19. The number of benzene rings is 1. The van der Waals surface area contributed by atoms with E-state index in [9.17, 15) is 4.79 Å². The molecule has 0 unspecified atom stereocenters. The molecule has 0 atom stereocenters. The maximum atomic E-state index is 11.0.